The first-order valence-corrected chi connectivity index (χ1v) is 13.5. The van der Waals surface area contributed by atoms with Crippen LogP contribution in [0.5, 0.6) is 5.75 Å². The second-order valence-electron chi connectivity index (χ2n) is 9.00. The number of urea groups is 1. The smallest absolute Gasteiger partial charge is 0.406 e. The first-order chi connectivity index (χ1) is 19.7. The van der Waals surface area contributed by atoms with Crippen molar-refractivity contribution >= 4 is 17.4 Å². The van der Waals surface area contributed by atoms with Crippen LogP contribution in [0, 0.1) is 6.92 Å². The van der Waals surface area contributed by atoms with Crippen LogP contribution in [0.1, 0.15) is 23.7 Å². The average molecular weight is 579 g/mol. The quantitative estimate of drug-likeness (QED) is 0.243. The summed E-state index contributed by atoms with van der Waals surface area (Å²) < 4.78 is 44.5. The van der Waals surface area contributed by atoms with Crippen molar-refractivity contribution in [3.05, 3.63) is 106 Å². The normalized spacial score (nSPS) is 12.0. The molecule has 1 N–H and O–H groups in total. The Labute approximate surface area is 237 Å². The lowest BCUT2D eigenvalue weighted by Gasteiger charge is -2.11. The van der Waals surface area contributed by atoms with Gasteiger partial charge in [-0.25, -0.2) is 14.5 Å². The van der Waals surface area contributed by atoms with Crippen LogP contribution in [-0.2, 0) is 13.0 Å². The molecule has 8 nitrogen and oxygen atoms in total. The number of benzene rings is 3. The van der Waals surface area contributed by atoms with Crippen molar-refractivity contribution in [2.45, 2.75) is 33.2 Å². The van der Waals surface area contributed by atoms with Crippen molar-refractivity contribution in [2.75, 3.05) is 0 Å². The number of amides is 2. The Balaban J connectivity index is 1.23. The van der Waals surface area contributed by atoms with Gasteiger partial charge in [-0.15, -0.1) is 29.6 Å². The third kappa shape index (κ3) is 6.72. The van der Waals surface area contributed by atoms with Crippen LogP contribution in [-0.4, -0.2) is 31.7 Å². The van der Waals surface area contributed by atoms with Crippen molar-refractivity contribution in [1.29, 1.82) is 0 Å². The van der Waals surface area contributed by atoms with Crippen LogP contribution in [0.2, 0.25) is 0 Å². The Morgan fingerprint density at radius 2 is 1.78 bits per heavy atom. The highest BCUT2D eigenvalue weighted by Crippen LogP contribution is 2.24. The number of alkyl halides is 3. The van der Waals surface area contributed by atoms with Gasteiger partial charge in [0.05, 0.1) is 11.4 Å². The number of rotatable bonds is 7. The number of thiazole rings is 1. The predicted molar refractivity (Wildman–Crippen MR) is 149 cm³/mol. The van der Waals surface area contributed by atoms with Crippen molar-refractivity contribution in [1.82, 2.24) is 24.6 Å². The number of carbonyl (C=O) groups excluding carboxylic acids is 1. The zero-order valence-electron chi connectivity index (χ0n) is 22.1. The molecule has 210 valence electrons. The standard InChI is InChI=1S/C29H25F3N6O2S/c1-3-21-6-4-5-7-25(21)38-19(2)17-41-28(38)35-27(39)33-16-20-8-10-22(11-9-20)26-34-18-37(36-26)23-12-14-24(15-13-23)40-29(30,31)32/h4-15,17-18H,3,16H2,1-2H3,(H,33,39). The molecule has 2 aromatic heterocycles. The molecule has 12 heteroatoms. The molecular formula is C29H25F3N6O2S. The third-order valence-electron chi connectivity index (χ3n) is 6.17. The summed E-state index contributed by atoms with van der Waals surface area (Å²) in [4.78, 5) is 21.9. The number of aromatic nitrogens is 4. The van der Waals surface area contributed by atoms with E-state index in [-0.39, 0.29) is 12.3 Å². The molecule has 0 aliphatic carbocycles. The van der Waals surface area contributed by atoms with Crippen molar-refractivity contribution in [2.24, 2.45) is 4.99 Å². The second-order valence-corrected chi connectivity index (χ2v) is 9.84. The Morgan fingerprint density at radius 3 is 2.49 bits per heavy atom. The van der Waals surface area contributed by atoms with Gasteiger partial charge in [0.15, 0.2) is 10.6 Å². The maximum Gasteiger partial charge on any atom is 0.573 e. The van der Waals surface area contributed by atoms with E-state index in [1.165, 1.54) is 52.2 Å². The summed E-state index contributed by atoms with van der Waals surface area (Å²) in [5.74, 6) is 0.125. The molecule has 0 radical (unpaired) electrons. The lowest BCUT2D eigenvalue weighted by Crippen LogP contribution is -2.24. The molecule has 5 rings (SSSR count). The van der Waals surface area contributed by atoms with Gasteiger partial charge >= 0.3 is 12.4 Å². The van der Waals surface area contributed by atoms with Gasteiger partial charge in [0, 0.05) is 23.2 Å². The summed E-state index contributed by atoms with van der Waals surface area (Å²) in [6.45, 7) is 4.37. The molecule has 0 spiro atoms. The van der Waals surface area contributed by atoms with Crippen molar-refractivity contribution in [3.8, 4) is 28.5 Å². The van der Waals surface area contributed by atoms with Crippen LogP contribution < -0.4 is 14.9 Å². The van der Waals surface area contributed by atoms with Crippen LogP contribution in [0.25, 0.3) is 22.8 Å². The maximum atomic E-state index is 12.7. The van der Waals surface area contributed by atoms with E-state index < -0.39 is 12.4 Å². The van der Waals surface area contributed by atoms with Crippen LogP contribution in [0.3, 0.4) is 0 Å². The number of aryl methyl sites for hydroxylation is 2. The van der Waals surface area contributed by atoms with E-state index >= 15 is 0 Å². The minimum atomic E-state index is -4.75. The lowest BCUT2D eigenvalue weighted by molar-refractivity contribution is -0.274. The van der Waals surface area contributed by atoms with Crippen LogP contribution in [0.4, 0.5) is 18.0 Å². The van der Waals surface area contributed by atoms with E-state index in [1.807, 2.05) is 59.3 Å². The largest absolute Gasteiger partial charge is 0.573 e. The monoisotopic (exact) mass is 578 g/mol. The zero-order valence-corrected chi connectivity index (χ0v) is 22.9. The van der Waals surface area contributed by atoms with E-state index in [4.69, 9.17) is 0 Å². The van der Waals surface area contributed by atoms with E-state index in [1.54, 1.807) is 0 Å². The van der Waals surface area contributed by atoms with E-state index in [0.29, 0.717) is 16.3 Å². The zero-order chi connectivity index (χ0) is 29.0. The van der Waals surface area contributed by atoms with Gasteiger partial charge in [0.1, 0.15) is 12.1 Å². The van der Waals surface area contributed by atoms with E-state index in [9.17, 15) is 18.0 Å². The fourth-order valence-corrected chi connectivity index (χ4v) is 5.05. The highest BCUT2D eigenvalue weighted by Gasteiger charge is 2.31. The SMILES string of the molecule is CCc1ccccc1-n1c(C)csc1=NC(=O)NCc1ccc(-c2ncn(-c3ccc(OC(F)(F)F)cc3)n2)cc1. The van der Waals surface area contributed by atoms with Crippen molar-refractivity contribution in [3.63, 3.8) is 0 Å². The predicted octanol–water partition coefficient (Wildman–Crippen LogP) is 6.37. The van der Waals surface area contributed by atoms with Gasteiger partial charge in [-0.1, -0.05) is 49.4 Å². The summed E-state index contributed by atoms with van der Waals surface area (Å²) in [5, 5.41) is 9.23. The number of nitrogens with zero attached hydrogens (tertiary/aromatic N) is 5. The third-order valence-corrected chi connectivity index (χ3v) is 7.12. The van der Waals surface area contributed by atoms with Crippen LogP contribution >= 0.6 is 11.3 Å². The molecule has 0 aliphatic heterocycles. The summed E-state index contributed by atoms with van der Waals surface area (Å²) in [6.07, 6.45) is -2.41. The number of para-hydroxylation sites is 1. The number of halogens is 3. The minimum Gasteiger partial charge on any atom is -0.406 e. The Bertz CT molecular complexity index is 1720. The molecule has 2 amide bonds. The second kappa shape index (κ2) is 11.8. The molecule has 0 fully saturated rings. The Kier molecular flexibility index (Phi) is 8.02. The highest BCUT2D eigenvalue weighted by atomic mass is 32.1. The highest BCUT2D eigenvalue weighted by molar-refractivity contribution is 7.07. The first-order valence-electron chi connectivity index (χ1n) is 12.7. The molecule has 41 heavy (non-hydrogen) atoms. The number of nitrogens with one attached hydrogen (secondary N) is 1. The molecule has 0 saturated heterocycles. The molecule has 2 heterocycles. The summed E-state index contributed by atoms with van der Waals surface area (Å²) in [5.41, 5.74) is 5.32. The van der Waals surface area contributed by atoms with Gasteiger partial charge in [-0.2, -0.15) is 4.99 Å². The summed E-state index contributed by atoms with van der Waals surface area (Å²) in [6, 6.07) is 20.3. The summed E-state index contributed by atoms with van der Waals surface area (Å²) >= 11 is 1.41. The molecule has 3 aromatic carbocycles. The minimum absolute atomic E-state index is 0.284. The molecule has 5 aromatic rings. The van der Waals surface area contributed by atoms with Gasteiger partial charge in [0.25, 0.3) is 0 Å². The number of hydrogen-bond donors (Lipinski definition) is 1. The molecule has 0 bridgehead atoms. The molecule has 0 aliphatic rings. The molecular weight excluding hydrogens is 553 g/mol. The van der Waals surface area contributed by atoms with Crippen LogP contribution in [0.15, 0.2) is 89.5 Å². The molecule has 0 unspecified atom stereocenters. The Hall–Kier alpha value is -4.71. The molecule has 0 atom stereocenters. The fourth-order valence-electron chi connectivity index (χ4n) is 4.19. The first kappa shape index (κ1) is 27.8. The Morgan fingerprint density at radius 1 is 1.05 bits per heavy atom. The van der Waals surface area contributed by atoms with E-state index in [2.05, 4.69) is 38.1 Å². The number of hydrogen-bond acceptors (Lipinski definition) is 5. The van der Waals surface area contributed by atoms with Gasteiger partial charge in [0.2, 0.25) is 0 Å². The van der Waals surface area contributed by atoms with Gasteiger partial charge in [-0.3, -0.25) is 4.57 Å². The summed E-state index contributed by atoms with van der Waals surface area (Å²) in [7, 11) is 0. The number of ether oxygens (including phenoxy) is 1. The van der Waals surface area contributed by atoms with E-state index in [0.717, 1.165) is 28.9 Å². The molecule has 0 saturated carbocycles. The van der Waals surface area contributed by atoms with Gasteiger partial charge in [-0.05, 0) is 54.8 Å². The van der Waals surface area contributed by atoms with Gasteiger partial charge < -0.3 is 10.1 Å². The fraction of sp³-hybridized carbons (Fsp3) is 0.172. The number of carbonyl (C=O) groups is 1. The topological polar surface area (TPSA) is 86.3 Å². The van der Waals surface area contributed by atoms with Crippen molar-refractivity contribution < 1.29 is 22.7 Å². The maximum absolute atomic E-state index is 12.7. The lowest BCUT2D eigenvalue weighted by atomic mass is 10.1. The average Bonchev–Trinajstić information content (AvgIpc) is 3.59.